The molecule has 0 aromatic carbocycles. The largest absolute Gasteiger partial charge is 0.396 e. The SMILES string of the molecule is Cc1cnccc1NCC1(CO)CCCC1. The van der Waals surface area contributed by atoms with Crippen molar-refractivity contribution in [2.24, 2.45) is 5.41 Å². The molecular formula is C13H20N2O. The Morgan fingerprint density at radius 3 is 2.81 bits per heavy atom. The topological polar surface area (TPSA) is 45.2 Å². The Morgan fingerprint density at radius 2 is 2.19 bits per heavy atom. The lowest BCUT2D eigenvalue weighted by atomic mass is 9.87. The van der Waals surface area contributed by atoms with Gasteiger partial charge in [0.05, 0.1) is 6.61 Å². The van der Waals surface area contributed by atoms with Gasteiger partial charge in [-0.15, -0.1) is 0 Å². The Kier molecular flexibility index (Phi) is 3.44. The van der Waals surface area contributed by atoms with Gasteiger partial charge in [-0.2, -0.15) is 0 Å². The minimum atomic E-state index is 0.107. The van der Waals surface area contributed by atoms with E-state index in [0.29, 0.717) is 6.61 Å². The lowest BCUT2D eigenvalue weighted by molar-refractivity contribution is 0.142. The highest BCUT2D eigenvalue weighted by molar-refractivity contribution is 5.48. The van der Waals surface area contributed by atoms with Crippen LogP contribution in [0.15, 0.2) is 18.5 Å². The van der Waals surface area contributed by atoms with Gasteiger partial charge in [-0.1, -0.05) is 12.8 Å². The van der Waals surface area contributed by atoms with Crippen LogP contribution in [0.2, 0.25) is 0 Å². The van der Waals surface area contributed by atoms with Gasteiger partial charge in [-0.3, -0.25) is 4.98 Å². The minimum absolute atomic E-state index is 0.107. The van der Waals surface area contributed by atoms with E-state index in [4.69, 9.17) is 0 Å². The van der Waals surface area contributed by atoms with Gasteiger partial charge in [0.2, 0.25) is 0 Å². The van der Waals surface area contributed by atoms with Gasteiger partial charge in [-0.05, 0) is 31.4 Å². The number of aliphatic hydroxyl groups excluding tert-OH is 1. The highest BCUT2D eigenvalue weighted by atomic mass is 16.3. The van der Waals surface area contributed by atoms with E-state index >= 15 is 0 Å². The monoisotopic (exact) mass is 220 g/mol. The van der Waals surface area contributed by atoms with E-state index in [0.717, 1.165) is 30.6 Å². The number of anilines is 1. The average molecular weight is 220 g/mol. The summed E-state index contributed by atoms with van der Waals surface area (Å²) in [6.07, 6.45) is 8.44. The van der Waals surface area contributed by atoms with Gasteiger partial charge in [0.15, 0.2) is 0 Å². The van der Waals surface area contributed by atoms with Crippen molar-refractivity contribution in [2.75, 3.05) is 18.5 Å². The Labute approximate surface area is 96.9 Å². The average Bonchev–Trinajstić information content (AvgIpc) is 2.78. The summed E-state index contributed by atoms with van der Waals surface area (Å²) in [4.78, 5) is 4.07. The molecule has 0 amide bonds. The first-order chi connectivity index (χ1) is 7.76. The standard InChI is InChI=1S/C13H20N2O/c1-11-8-14-7-4-12(11)15-9-13(10-16)5-2-3-6-13/h4,7-8,16H,2-3,5-6,9-10H2,1H3,(H,14,15). The molecule has 16 heavy (non-hydrogen) atoms. The molecule has 0 aliphatic heterocycles. The molecule has 1 aromatic heterocycles. The number of hydrogen-bond donors (Lipinski definition) is 2. The number of aromatic nitrogens is 1. The third-order valence-corrected chi connectivity index (χ3v) is 3.67. The molecule has 88 valence electrons. The number of hydrogen-bond acceptors (Lipinski definition) is 3. The number of nitrogens with one attached hydrogen (secondary N) is 1. The fourth-order valence-corrected chi connectivity index (χ4v) is 2.47. The summed E-state index contributed by atoms with van der Waals surface area (Å²) < 4.78 is 0. The van der Waals surface area contributed by atoms with Crippen LogP contribution < -0.4 is 5.32 Å². The summed E-state index contributed by atoms with van der Waals surface area (Å²) in [5, 5.41) is 13.0. The molecule has 1 heterocycles. The lowest BCUT2D eigenvalue weighted by Gasteiger charge is -2.27. The predicted octanol–water partition coefficient (Wildman–Crippen LogP) is 2.35. The van der Waals surface area contributed by atoms with Crippen LogP contribution in [-0.2, 0) is 0 Å². The zero-order chi connectivity index (χ0) is 11.4. The summed E-state index contributed by atoms with van der Waals surface area (Å²) in [7, 11) is 0. The van der Waals surface area contributed by atoms with Crippen LogP contribution in [0.1, 0.15) is 31.2 Å². The van der Waals surface area contributed by atoms with Gasteiger partial charge in [0, 0.05) is 30.0 Å². The maximum atomic E-state index is 9.51. The van der Waals surface area contributed by atoms with E-state index in [1.165, 1.54) is 12.8 Å². The van der Waals surface area contributed by atoms with Crippen molar-refractivity contribution < 1.29 is 5.11 Å². The summed E-state index contributed by atoms with van der Waals surface area (Å²) >= 11 is 0. The molecule has 0 spiro atoms. The van der Waals surface area contributed by atoms with E-state index in [2.05, 4.69) is 17.2 Å². The van der Waals surface area contributed by atoms with Crippen LogP contribution >= 0.6 is 0 Å². The van der Waals surface area contributed by atoms with Crippen molar-refractivity contribution in [3.63, 3.8) is 0 Å². The number of nitrogens with zero attached hydrogens (tertiary/aromatic N) is 1. The van der Waals surface area contributed by atoms with Crippen molar-refractivity contribution in [1.29, 1.82) is 0 Å². The van der Waals surface area contributed by atoms with Crippen LogP contribution in [0.5, 0.6) is 0 Å². The molecule has 1 aliphatic rings. The van der Waals surface area contributed by atoms with E-state index in [1.807, 2.05) is 12.3 Å². The van der Waals surface area contributed by atoms with Crippen molar-refractivity contribution in [3.8, 4) is 0 Å². The molecule has 1 fully saturated rings. The highest BCUT2D eigenvalue weighted by Crippen LogP contribution is 2.37. The Balaban J connectivity index is 1.98. The number of pyridine rings is 1. The van der Waals surface area contributed by atoms with Crippen molar-refractivity contribution in [3.05, 3.63) is 24.0 Å². The van der Waals surface area contributed by atoms with Crippen molar-refractivity contribution in [1.82, 2.24) is 4.98 Å². The molecule has 3 nitrogen and oxygen atoms in total. The molecule has 3 heteroatoms. The number of aryl methyl sites for hydroxylation is 1. The first-order valence-corrected chi connectivity index (χ1v) is 6.01. The summed E-state index contributed by atoms with van der Waals surface area (Å²) in [6.45, 7) is 3.22. The summed E-state index contributed by atoms with van der Waals surface area (Å²) in [5.74, 6) is 0. The van der Waals surface area contributed by atoms with Crippen molar-refractivity contribution in [2.45, 2.75) is 32.6 Å². The smallest absolute Gasteiger partial charge is 0.0504 e. The second-order valence-corrected chi connectivity index (χ2v) is 4.91. The predicted molar refractivity (Wildman–Crippen MR) is 65.5 cm³/mol. The quantitative estimate of drug-likeness (QED) is 0.818. The van der Waals surface area contributed by atoms with E-state index in [9.17, 15) is 5.11 Å². The molecule has 2 N–H and O–H groups in total. The third-order valence-electron chi connectivity index (χ3n) is 3.67. The molecule has 1 aliphatic carbocycles. The molecule has 0 radical (unpaired) electrons. The molecule has 0 unspecified atom stereocenters. The molecule has 2 rings (SSSR count). The second-order valence-electron chi connectivity index (χ2n) is 4.91. The molecular weight excluding hydrogens is 200 g/mol. The Hall–Kier alpha value is -1.09. The molecule has 1 aromatic rings. The van der Waals surface area contributed by atoms with Gasteiger partial charge in [-0.25, -0.2) is 0 Å². The normalized spacial score (nSPS) is 18.6. The van der Waals surface area contributed by atoms with Crippen LogP contribution in [0.25, 0.3) is 0 Å². The zero-order valence-corrected chi connectivity index (χ0v) is 9.87. The lowest BCUT2D eigenvalue weighted by Crippen LogP contribution is -2.30. The maximum absolute atomic E-state index is 9.51. The summed E-state index contributed by atoms with van der Waals surface area (Å²) in [6, 6.07) is 2.00. The first-order valence-electron chi connectivity index (χ1n) is 6.01. The van der Waals surface area contributed by atoms with Crippen molar-refractivity contribution >= 4 is 5.69 Å². The van der Waals surface area contributed by atoms with Crippen LogP contribution in [0.3, 0.4) is 0 Å². The molecule has 1 saturated carbocycles. The van der Waals surface area contributed by atoms with E-state index < -0.39 is 0 Å². The summed E-state index contributed by atoms with van der Waals surface area (Å²) in [5.41, 5.74) is 2.40. The number of rotatable bonds is 4. The first kappa shape index (κ1) is 11.4. The fraction of sp³-hybridized carbons (Fsp3) is 0.615. The van der Waals surface area contributed by atoms with E-state index in [-0.39, 0.29) is 5.41 Å². The van der Waals surface area contributed by atoms with Gasteiger partial charge in [0.1, 0.15) is 0 Å². The maximum Gasteiger partial charge on any atom is 0.0504 e. The zero-order valence-electron chi connectivity index (χ0n) is 9.87. The fourth-order valence-electron chi connectivity index (χ4n) is 2.47. The van der Waals surface area contributed by atoms with Gasteiger partial charge < -0.3 is 10.4 Å². The number of aliphatic hydroxyl groups is 1. The molecule has 0 saturated heterocycles. The minimum Gasteiger partial charge on any atom is -0.396 e. The van der Waals surface area contributed by atoms with Crippen LogP contribution in [0, 0.1) is 12.3 Å². The third kappa shape index (κ3) is 2.35. The van der Waals surface area contributed by atoms with E-state index in [1.54, 1.807) is 6.20 Å². The highest BCUT2D eigenvalue weighted by Gasteiger charge is 2.32. The second kappa shape index (κ2) is 4.83. The Morgan fingerprint density at radius 1 is 1.44 bits per heavy atom. The molecule has 0 atom stereocenters. The molecule has 0 bridgehead atoms. The Bertz CT molecular complexity index is 346. The van der Waals surface area contributed by atoms with Gasteiger partial charge in [0.25, 0.3) is 0 Å². The van der Waals surface area contributed by atoms with Crippen LogP contribution in [0.4, 0.5) is 5.69 Å². The van der Waals surface area contributed by atoms with Gasteiger partial charge >= 0.3 is 0 Å². The van der Waals surface area contributed by atoms with Crippen LogP contribution in [-0.4, -0.2) is 23.2 Å².